The molecular weight excluding hydrogens is 370 g/mol. The Balaban J connectivity index is 1.38. The van der Waals surface area contributed by atoms with Gasteiger partial charge in [0, 0.05) is 25.2 Å². The summed E-state index contributed by atoms with van der Waals surface area (Å²) < 4.78 is 5.72. The van der Waals surface area contributed by atoms with Gasteiger partial charge in [-0.15, -0.1) is 0 Å². The van der Waals surface area contributed by atoms with Crippen molar-refractivity contribution in [3.05, 3.63) is 47.8 Å². The van der Waals surface area contributed by atoms with Crippen molar-refractivity contribution in [2.24, 2.45) is 28.6 Å². The van der Waals surface area contributed by atoms with Crippen molar-refractivity contribution < 1.29 is 9.53 Å². The van der Waals surface area contributed by atoms with Crippen LogP contribution in [-0.2, 0) is 9.53 Å². The molecule has 0 N–H and O–H groups in total. The van der Waals surface area contributed by atoms with Gasteiger partial charge in [-0.05, 0) is 84.3 Å². The molecule has 5 rings (SSSR count). The maximum absolute atomic E-state index is 11.8. The molecule has 3 heteroatoms. The van der Waals surface area contributed by atoms with Gasteiger partial charge in [0.1, 0.15) is 6.10 Å². The summed E-state index contributed by atoms with van der Waals surface area (Å²) in [6, 6.07) is 4.30. The predicted molar refractivity (Wildman–Crippen MR) is 119 cm³/mol. The van der Waals surface area contributed by atoms with E-state index in [9.17, 15) is 4.79 Å². The average molecular weight is 406 g/mol. The molecule has 0 aliphatic heterocycles. The van der Waals surface area contributed by atoms with E-state index in [1.165, 1.54) is 36.8 Å². The minimum Gasteiger partial charge on any atom is -0.462 e. The van der Waals surface area contributed by atoms with E-state index >= 15 is 0 Å². The molecule has 1 aromatic rings. The lowest BCUT2D eigenvalue weighted by molar-refractivity contribution is -0.150. The average Bonchev–Trinajstić information content (AvgIpc) is 3.11. The fraction of sp³-hybridized carbons (Fsp3) is 0.630. The molecule has 0 aromatic carbocycles. The SMILES string of the molecule is CCC(=O)OC1CC[C@@]2(C)C(=CC[C@H]3C4CC=C(c5cccnc5)C4(C)CCC32)C1. The molecular formula is C27H35NO2. The number of pyridine rings is 1. The second kappa shape index (κ2) is 7.35. The lowest BCUT2D eigenvalue weighted by Crippen LogP contribution is -2.50. The molecule has 4 aliphatic carbocycles. The zero-order chi connectivity index (χ0) is 20.9. The van der Waals surface area contributed by atoms with Crippen molar-refractivity contribution in [1.82, 2.24) is 4.98 Å². The van der Waals surface area contributed by atoms with Crippen LogP contribution in [0.5, 0.6) is 0 Å². The Bertz CT molecular complexity index is 887. The quantitative estimate of drug-likeness (QED) is 0.434. The number of hydrogen-bond donors (Lipinski definition) is 0. The van der Waals surface area contributed by atoms with Gasteiger partial charge in [-0.25, -0.2) is 0 Å². The first kappa shape index (κ1) is 20.0. The van der Waals surface area contributed by atoms with Gasteiger partial charge in [0.05, 0.1) is 0 Å². The topological polar surface area (TPSA) is 39.2 Å². The predicted octanol–water partition coefficient (Wildman–Crippen LogP) is 6.36. The maximum atomic E-state index is 11.8. The number of carbonyl (C=O) groups excluding carboxylic acids is 1. The molecule has 160 valence electrons. The van der Waals surface area contributed by atoms with Crippen molar-refractivity contribution >= 4 is 11.5 Å². The summed E-state index contributed by atoms with van der Waals surface area (Å²) in [6.07, 6.45) is 17.7. The Kier molecular flexibility index (Phi) is 4.91. The third-order valence-electron chi connectivity index (χ3n) is 9.20. The molecule has 3 nitrogen and oxygen atoms in total. The lowest BCUT2D eigenvalue weighted by Gasteiger charge is -2.57. The van der Waals surface area contributed by atoms with Crippen LogP contribution in [0.1, 0.15) is 77.7 Å². The molecule has 0 amide bonds. The van der Waals surface area contributed by atoms with Gasteiger partial charge in [0.15, 0.2) is 0 Å². The van der Waals surface area contributed by atoms with Crippen LogP contribution in [0.4, 0.5) is 0 Å². The van der Waals surface area contributed by atoms with Gasteiger partial charge in [-0.2, -0.15) is 0 Å². The number of allylic oxidation sites excluding steroid dienone is 3. The highest BCUT2D eigenvalue weighted by Gasteiger charge is 2.57. The first-order valence-electron chi connectivity index (χ1n) is 12.0. The lowest BCUT2D eigenvalue weighted by atomic mass is 9.47. The van der Waals surface area contributed by atoms with E-state index in [4.69, 9.17) is 4.74 Å². The van der Waals surface area contributed by atoms with Crippen molar-refractivity contribution in [3.63, 3.8) is 0 Å². The number of nitrogens with zero attached hydrogens (tertiary/aromatic N) is 1. The fourth-order valence-electron chi connectivity index (χ4n) is 7.53. The monoisotopic (exact) mass is 405 g/mol. The summed E-state index contributed by atoms with van der Waals surface area (Å²) in [5.41, 5.74) is 4.99. The van der Waals surface area contributed by atoms with Crippen LogP contribution in [0.15, 0.2) is 42.3 Å². The van der Waals surface area contributed by atoms with Crippen LogP contribution in [-0.4, -0.2) is 17.1 Å². The molecule has 4 unspecified atom stereocenters. The number of rotatable bonds is 3. The molecule has 1 heterocycles. The van der Waals surface area contributed by atoms with Gasteiger partial charge in [0.25, 0.3) is 0 Å². The van der Waals surface area contributed by atoms with Crippen LogP contribution in [0, 0.1) is 28.6 Å². The highest BCUT2D eigenvalue weighted by molar-refractivity contribution is 5.72. The third-order valence-corrected chi connectivity index (χ3v) is 9.20. The van der Waals surface area contributed by atoms with Crippen LogP contribution < -0.4 is 0 Å². The van der Waals surface area contributed by atoms with Crippen molar-refractivity contribution in [2.45, 2.75) is 78.2 Å². The zero-order valence-electron chi connectivity index (χ0n) is 18.7. The van der Waals surface area contributed by atoms with E-state index in [2.05, 4.69) is 43.1 Å². The van der Waals surface area contributed by atoms with Gasteiger partial charge in [0.2, 0.25) is 0 Å². The van der Waals surface area contributed by atoms with Gasteiger partial charge in [-0.3, -0.25) is 9.78 Å². The van der Waals surface area contributed by atoms with Crippen molar-refractivity contribution in [3.8, 4) is 0 Å². The second-order valence-corrected chi connectivity index (χ2v) is 10.5. The summed E-state index contributed by atoms with van der Waals surface area (Å²) in [6.45, 7) is 6.91. The van der Waals surface area contributed by atoms with Gasteiger partial charge in [-0.1, -0.05) is 44.6 Å². The third kappa shape index (κ3) is 2.99. The van der Waals surface area contributed by atoms with E-state index in [1.807, 2.05) is 19.3 Å². The largest absolute Gasteiger partial charge is 0.462 e. The van der Waals surface area contributed by atoms with E-state index < -0.39 is 0 Å². The Morgan fingerprint density at radius 2 is 1.97 bits per heavy atom. The molecule has 0 spiro atoms. The van der Waals surface area contributed by atoms with Crippen LogP contribution in [0.2, 0.25) is 0 Å². The standard InChI is InChI=1S/C27H35NO2/c1-4-25(29)30-20-11-13-26(2)19(16-20)7-8-21-23-10-9-22(18-6-5-15-28-17-18)27(23,3)14-12-24(21)26/h5-7,9,15,17,20-21,23-24H,4,8,10-14,16H2,1-3H3/t20?,21-,23?,24?,26-,27?/m0/s1. The molecule has 30 heavy (non-hydrogen) atoms. The number of ether oxygens (including phenoxy) is 1. The summed E-state index contributed by atoms with van der Waals surface area (Å²) in [7, 11) is 0. The van der Waals surface area contributed by atoms with E-state index in [1.54, 1.807) is 5.57 Å². The molecule has 4 aliphatic rings. The summed E-state index contributed by atoms with van der Waals surface area (Å²) in [4.78, 5) is 16.2. The summed E-state index contributed by atoms with van der Waals surface area (Å²) in [5.74, 6) is 2.21. The Labute approximate surface area is 181 Å². The smallest absolute Gasteiger partial charge is 0.305 e. The number of carbonyl (C=O) groups is 1. The number of hydrogen-bond acceptors (Lipinski definition) is 3. The van der Waals surface area contributed by atoms with Gasteiger partial charge >= 0.3 is 5.97 Å². The Morgan fingerprint density at radius 3 is 2.73 bits per heavy atom. The molecule has 0 bridgehead atoms. The minimum absolute atomic E-state index is 0.0497. The molecule has 0 saturated heterocycles. The van der Waals surface area contributed by atoms with E-state index in [0.29, 0.717) is 6.42 Å². The first-order chi connectivity index (χ1) is 14.5. The molecule has 2 fully saturated rings. The first-order valence-corrected chi connectivity index (χ1v) is 12.0. The Morgan fingerprint density at radius 1 is 1.13 bits per heavy atom. The number of esters is 1. The van der Waals surface area contributed by atoms with Crippen LogP contribution >= 0.6 is 0 Å². The van der Waals surface area contributed by atoms with E-state index in [-0.39, 0.29) is 22.9 Å². The van der Waals surface area contributed by atoms with Gasteiger partial charge < -0.3 is 4.74 Å². The normalized spacial score (nSPS) is 39.8. The van der Waals surface area contributed by atoms with E-state index in [0.717, 1.165) is 37.0 Å². The molecule has 6 atom stereocenters. The molecule has 1 aromatic heterocycles. The maximum Gasteiger partial charge on any atom is 0.305 e. The fourth-order valence-corrected chi connectivity index (χ4v) is 7.53. The minimum atomic E-state index is -0.0497. The van der Waals surface area contributed by atoms with Crippen molar-refractivity contribution in [1.29, 1.82) is 0 Å². The van der Waals surface area contributed by atoms with Crippen molar-refractivity contribution in [2.75, 3.05) is 0 Å². The summed E-state index contributed by atoms with van der Waals surface area (Å²) >= 11 is 0. The highest BCUT2D eigenvalue weighted by Crippen LogP contribution is 2.66. The van der Waals surface area contributed by atoms with Crippen LogP contribution in [0.25, 0.3) is 5.57 Å². The molecule has 0 radical (unpaired) electrons. The zero-order valence-corrected chi connectivity index (χ0v) is 18.7. The highest BCUT2D eigenvalue weighted by atomic mass is 16.5. The number of fused-ring (bicyclic) bond motifs is 5. The second-order valence-electron chi connectivity index (χ2n) is 10.5. The summed E-state index contributed by atoms with van der Waals surface area (Å²) in [5, 5.41) is 0. The Hall–Kier alpha value is -1.90. The number of aromatic nitrogens is 1. The molecule has 2 saturated carbocycles. The van der Waals surface area contributed by atoms with Crippen LogP contribution in [0.3, 0.4) is 0 Å².